The first kappa shape index (κ1) is 23.8. The number of aromatic nitrogens is 4. The largest absolute Gasteiger partial charge is 0.369 e. The van der Waals surface area contributed by atoms with Gasteiger partial charge in [0.05, 0.1) is 0 Å². The molecule has 2 aliphatic heterocycles. The zero-order valence-corrected chi connectivity index (χ0v) is 21.0. The van der Waals surface area contributed by atoms with Gasteiger partial charge in [-0.3, -0.25) is 9.69 Å². The second-order valence-corrected chi connectivity index (χ2v) is 9.92. The zero-order valence-electron chi connectivity index (χ0n) is 20.3. The molecular formula is C25H34ClN8O+. The smallest absolute Gasteiger partial charge is 0.325 e. The lowest BCUT2D eigenvalue weighted by Gasteiger charge is -2.36. The molecule has 2 aliphatic rings. The highest BCUT2D eigenvalue weighted by atomic mass is 35.5. The molecule has 0 radical (unpaired) electrons. The lowest BCUT2D eigenvalue weighted by molar-refractivity contribution is -0.586. The third-order valence-electron chi connectivity index (χ3n) is 7.14. The summed E-state index contributed by atoms with van der Waals surface area (Å²) in [6.45, 7) is 9.47. The molecule has 10 heteroatoms. The van der Waals surface area contributed by atoms with E-state index in [1.165, 1.54) is 5.69 Å². The number of benzene rings is 1. The van der Waals surface area contributed by atoms with Crippen LogP contribution in [0, 0.1) is 12.8 Å². The van der Waals surface area contributed by atoms with Crippen molar-refractivity contribution >= 4 is 34.7 Å². The SMILES string of the molecule is Cc1[nH]nc2ccc(N3CCC(C(=O)NCCCN4CCN(c5cccc(Cl)c5)CC4)CC3)n[n+]12. The number of rotatable bonds is 7. The van der Waals surface area contributed by atoms with Crippen molar-refractivity contribution in [3.63, 3.8) is 0 Å². The number of hydrogen-bond donors (Lipinski definition) is 2. The minimum absolute atomic E-state index is 0.0829. The van der Waals surface area contributed by atoms with E-state index >= 15 is 0 Å². The van der Waals surface area contributed by atoms with Crippen LogP contribution >= 0.6 is 11.6 Å². The zero-order chi connectivity index (χ0) is 24.2. The van der Waals surface area contributed by atoms with Gasteiger partial charge in [0.1, 0.15) is 0 Å². The van der Waals surface area contributed by atoms with Gasteiger partial charge in [-0.05, 0) is 50.1 Å². The Kier molecular flexibility index (Phi) is 7.34. The molecule has 2 N–H and O–H groups in total. The highest BCUT2D eigenvalue weighted by Crippen LogP contribution is 2.22. The number of amides is 1. The summed E-state index contributed by atoms with van der Waals surface area (Å²) in [6.07, 6.45) is 2.69. The van der Waals surface area contributed by atoms with Crippen molar-refractivity contribution < 1.29 is 9.31 Å². The molecule has 0 aliphatic carbocycles. The summed E-state index contributed by atoms with van der Waals surface area (Å²) in [7, 11) is 0. The summed E-state index contributed by atoms with van der Waals surface area (Å²) in [5, 5.41) is 15.8. The summed E-state index contributed by atoms with van der Waals surface area (Å²) in [4.78, 5) is 19.8. The van der Waals surface area contributed by atoms with Crippen LogP contribution in [-0.4, -0.2) is 78.5 Å². The van der Waals surface area contributed by atoms with Crippen LogP contribution in [0.2, 0.25) is 5.02 Å². The lowest BCUT2D eigenvalue weighted by Crippen LogP contribution is -2.47. The number of carbonyl (C=O) groups excluding carboxylic acids is 1. The lowest BCUT2D eigenvalue weighted by atomic mass is 9.96. The van der Waals surface area contributed by atoms with E-state index in [9.17, 15) is 4.79 Å². The number of anilines is 2. The molecule has 9 nitrogen and oxygen atoms in total. The van der Waals surface area contributed by atoms with E-state index < -0.39 is 0 Å². The van der Waals surface area contributed by atoms with E-state index in [1.807, 2.05) is 41.8 Å². The Morgan fingerprint density at radius 2 is 1.91 bits per heavy atom. The van der Waals surface area contributed by atoms with E-state index in [0.29, 0.717) is 0 Å². The molecule has 3 aromatic rings. The second-order valence-electron chi connectivity index (χ2n) is 9.49. The van der Waals surface area contributed by atoms with Crippen molar-refractivity contribution in [2.75, 3.05) is 62.2 Å². The number of carbonyl (C=O) groups is 1. The maximum Gasteiger partial charge on any atom is 0.325 e. The number of piperidine rings is 1. The molecule has 0 spiro atoms. The van der Waals surface area contributed by atoms with Gasteiger partial charge in [0, 0.05) is 80.5 Å². The van der Waals surface area contributed by atoms with E-state index in [-0.39, 0.29) is 11.8 Å². The quantitative estimate of drug-likeness (QED) is 0.384. The van der Waals surface area contributed by atoms with Crippen LogP contribution in [0.5, 0.6) is 0 Å². The number of nitrogens with zero attached hydrogens (tertiary/aromatic N) is 6. The summed E-state index contributed by atoms with van der Waals surface area (Å²) >= 11 is 6.13. The van der Waals surface area contributed by atoms with Crippen LogP contribution in [0.25, 0.3) is 5.65 Å². The van der Waals surface area contributed by atoms with Crippen molar-refractivity contribution in [3.05, 3.63) is 47.2 Å². The van der Waals surface area contributed by atoms with Crippen LogP contribution in [0.1, 0.15) is 25.1 Å². The molecule has 1 aromatic carbocycles. The molecule has 5 rings (SSSR count). The molecule has 1 amide bonds. The maximum absolute atomic E-state index is 12.7. The molecule has 35 heavy (non-hydrogen) atoms. The second kappa shape index (κ2) is 10.8. The minimum Gasteiger partial charge on any atom is -0.369 e. The predicted octanol–water partition coefficient (Wildman–Crippen LogP) is 2.05. The van der Waals surface area contributed by atoms with Crippen molar-refractivity contribution in [1.82, 2.24) is 25.5 Å². The van der Waals surface area contributed by atoms with Gasteiger partial charge in [0.25, 0.3) is 5.82 Å². The van der Waals surface area contributed by atoms with Crippen molar-refractivity contribution in [1.29, 1.82) is 0 Å². The first-order chi connectivity index (χ1) is 17.1. The topological polar surface area (TPSA) is 84.5 Å². The van der Waals surface area contributed by atoms with Gasteiger partial charge in [-0.1, -0.05) is 27.3 Å². The molecule has 0 saturated carbocycles. The molecule has 0 bridgehead atoms. The number of aromatic amines is 1. The van der Waals surface area contributed by atoms with Crippen LogP contribution in [0.4, 0.5) is 11.5 Å². The fraction of sp³-hybridized carbons (Fsp3) is 0.520. The average Bonchev–Trinajstić information content (AvgIpc) is 3.27. The number of piperazine rings is 1. The van der Waals surface area contributed by atoms with Crippen molar-refractivity contribution in [3.8, 4) is 0 Å². The third-order valence-corrected chi connectivity index (χ3v) is 7.37. The van der Waals surface area contributed by atoms with E-state index in [1.54, 1.807) is 0 Å². The Hall–Kier alpha value is -2.91. The molecule has 2 fully saturated rings. The molecule has 0 atom stereocenters. The van der Waals surface area contributed by atoms with Gasteiger partial charge in [-0.2, -0.15) is 0 Å². The molecule has 4 heterocycles. The van der Waals surface area contributed by atoms with E-state index in [2.05, 4.69) is 36.3 Å². The van der Waals surface area contributed by atoms with Gasteiger partial charge in [0.15, 0.2) is 5.82 Å². The monoisotopic (exact) mass is 497 g/mol. The molecule has 2 saturated heterocycles. The third kappa shape index (κ3) is 5.67. The Morgan fingerprint density at radius 1 is 1.11 bits per heavy atom. The fourth-order valence-electron chi connectivity index (χ4n) is 5.02. The molecule has 186 valence electrons. The maximum atomic E-state index is 12.7. The van der Waals surface area contributed by atoms with Gasteiger partial charge in [-0.15, -0.1) is 5.10 Å². The highest BCUT2D eigenvalue weighted by Gasteiger charge is 2.26. The molecular weight excluding hydrogens is 464 g/mol. The predicted molar refractivity (Wildman–Crippen MR) is 137 cm³/mol. The van der Waals surface area contributed by atoms with Gasteiger partial charge in [0.2, 0.25) is 5.91 Å². The molecule has 0 unspecified atom stereocenters. The number of hydrogen-bond acceptors (Lipinski definition) is 6. The van der Waals surface area contributed by atoms with Crippen LogP contribution in [0.15, 0.2) is 36.4 Å². The summed E-state index contributed by atoms with van der Waals surface area (Å²) in [5.41, 5.74) is 2.01. The number of H-pyrrole nitrogens is 1. The van der Waals surface area contributed by atoms with Gasteiger partial charge >= 0.3 is 5.65 Å². The summed E-state index contributed by atoms with van der Waals surface area (Å²) in [5.74, 6) is 2.11. The standard InChI is InChI=1S/C25H33ClN8O/c1-19-28-29-23-6-7-24(30-34(19)23)33-12-8-20(9-13-33)25(35)27-10-3-11-31-14-16-32(17-15-31)22-5-2-4-21(26)18-22/h2,4-7,18,20H,3,8-17H2,1H3,(H,27,35)/p+1. The van der Waals surface area contributed by atoms with Crippen molar-refractivity contribution in [2.45, 2.75) is 26.2 Å². The summed E-state index contributed by atoms with van der Waals surface area (Å²) in [6, 6.07) is 12.1. The number of nitrogens with one attached hydrogen (secondary N) is 2. The number of fused-ring (bicyclic) bond motifs is 1. The number of halogens is 1. The van der Waals surface area contributed by atoms with Crippen LogP contribution in [0.3, 0.4) is 0 Å². The van der Waals surface area contributed by atoms with Crippen molar-refractivity contribution in [2.24, 2.45) is 5.92 Å². The van der Waals surface area contributed by atoms with E-state index in [0.717, 1.165) is 93.9 Å². The number of aryl methyl sites for hydroxylation is 1. The Bertz CT molecular complexity index is 1150. The van der Waals surface area contributed by atoms with E-state index in [4.69, 9.17) is 16.7 Å². The fourth-order valence-corrected chi connectivity index (χ4v) is 5.21. The average molecular weight is 498 g/mol. The Labute approximate surface area is 211 Å². The van der Waals surface area contributed by atoms with Gasteiger partial charge in [-0.25, -0.2) is 0 Å². The normalized spacial score (nSPS) is 17.8. The molecule has 2 aromatic heterocycles. The Morgan fingerprint density at radius 3 is 2.69 bits per heavy atom. The Balaban J connectivity index is 0.996. The first-order valence-corrected chi connectivity index (χ1v) is 12.9. The summed E-state index contributed by atoms with van der Waals surface area (Å²) < 4.78 is 1.82. The van der Waals surface area contributed by atoms with Crippen LogP contribution < -0.4 is 19.6 Å². The van der Waals surface area contributed by atoms with Crippen LogP contribution in [-0.2, 0) is 4.79 Å². The first-order valence-electron chi connectivity index (χ1n) is 12.6. The highest BCUT2D eigenvalue weighted by molar-refractivity contribution is 6.30. The van der Waals surface area contributed by atoms with Gasteiger partial charge < -0.3 is 15.1 Å². The minimum atomic E-state index is 0.0829.